The second-order valence-electron chi connectivity index (χ2n) is 8.71. The highest BCUT2D eigenvalue weighted by Crippen LogP contribution is 2.39. The van der Waals surface area contributed by atoms with Crippen molar-refractivity contribution in [1.29, 1.82) is 0 Å². The summed E-state index contributed by atoms with van der Waals surface area (Å²) in [5, 5.41) is 3.40. The molecule has 194 valence electrons. The maximum Gasteiger partial charge on any atom is 0.425 e. The van der Waals surface area contributed by atoms with Crippen molar-refractivity contribution < 1.29 is 23.7 Å². The van der Waals surface area contributed by atoms with Crippen LogP contribution in [0.25, 0.3) is 0 Å². The summed E-state index contributed by atoms with van der Waals surface area (Å²) in [5.74, 6) is 2.81. The molecule has 38 heavy (non-hydrogen) atoms. The number of hydrogen-bond acceptors (Lipinski definition) is 8. The summed E-state index contributed by atoms with van der Waals surface area (Å²) in [7, 11) is 1.59. The lowest BCUT2D eigenvalue weighted by Crippen LogP contribution is -2.31. The van der Waals surface area contributed by atoms with Crippen LogP contribution >= 0.6 is 0 Å². The Labute approximate surface area is 221 Å². The van der Waals surface area contributed by atoms with E-state index in [1.807, 2.05) is 50.2 Å². The lowest BCUT2D eigenvalue weighted by molar-refractivity contribution is 0.209. The number of benzene rings is 3. The normalized spacial score (nSPS) is 12.3. The van der Waals surface area contributed by atoms with Gasteiger partial charge in [0.25, 0.3) is 0 Å². The molecule has 0 fully saturated rings. The highest BCUT2D eigenvalue weighted by atomic mass is 16.6. The van der Waals surface area contributed by atoms with Crippen LogP contribution in [0.3, 0.4) is 0 Å². The fourth-order valence-corrected chi connectivity index (χ4v) is 4.16. The van der Waals surface area contributed by atoms with Crippen molar-refractivity contribution in [1.82, 2.24) is 9.97 Å². The summed E-state index contributed by atoms with van der Waals surface area (Å²) in [6.45, 7) is 4.98. The van der Waals surface area contributed by atoms with Crippen LogP contribution in [-0.2, 0) is 0 Å². The molecule has 0 spiro atoms. The molecule has 5 rings (SSSR count). The zero-order chi connectivity index (χ0) is 26.5. The molecule has 0 radical (unpaired) electrons. The summed E-state index contributed by atoms with van der Waals surface area (Å²) in [4.78, 5) is 23.5. The molecule has 4 aromatic rings. The predicted molar refractivity (Wildman–Crippen MR) is 144 cm³/mol. The fourth-order valence-electron chi connectivity index (χ4n) is 4.16. The van der Waals surface area contributed by atoms with E-state index in [-0.39, 0.29) is 0 Å². The van der Waals surface area contributed by atoms with Crippen molar-refractivity contribution in [3.63, 3.8) is 0 Å². The number of aromatic nitrogens is 2. The first-order chi connectivity index (χ1) is 18.5. The first-order valence-corrected chi connectivity index (χ1v) is 12.2. The van der Waals surface area contributed by atoms with E-state index in [1.165, 1.54) is 11.2 Å². The molecule has 9 heteroatoms. The second kappa shape index (κ2) is 11.1. The second-order valence-corrected chi connectivity index (χ2v) is 8.71. The summed E-state index contributed by atoms with van der Waals surface area (Å²) in [6, 6.07) is 18.3. The minimum Gasteiger partial charge on any atom is -0.497 e. The monoisotopic (exact) mass is 512 g/mol. The van der Waals surface area contributed by atoms with E-state index in [0.29, 0.717) is 53.4 Å². The quantitative estimate of drug-likeness (QED) is 0.320. The molecule has 0 bridgehead atoms. The van der Waals surface area contributed by atoms with Crippen LogP contribution in [-0.4, -0.2) is 36.4 Å². The number of nitrogens with one attached hydrogen (secondary N) is 1. The molecule has 1 N–H and O–H groups in total. The van der Waals surface area contributed by atoms with Crippen LogP contribution in [0.4, 0.5) is 27.7 Å². The number of hydrogen-bond donors (Lipinski definition) is 1. The van der Waals surface area contributed by atoms with E-state index in [0.717, 1.165) is 23.2 Å². The molecule has 0 atom stereocenters. The average molecular weight is 513 g/mol. The molecule has 0 unspecified atom stereocenters. The van der Waals surface area contributed by atoms with E-state index in [4.69, 9.17) is 18.9 Å². The van der Waals surface area contributed by atoms with E-state index in [9.17, 15) is 4.79 Å². The van der Waals surface area contributed by atoms with Crippen molar-refractivity contribution in [2.24, 2.45) is 0 Å². The van der Waals surface area contributed by atoms with Crippen LogP contribution in [0.1, 0.15) is 17.5 Å². The first-order valence-electron chi connectivity index (χ1n) is 12.2. The van der Waals surface area contributed by atoms with Crippen molar-refractivity contribution in [2.45, 2.75) is 20.3 Å². The van der Waals surface area contributed by atoms with Crippen molar-refractivity contribution in [3.8, 4) is 23.0 Å². The van der Waals surface area contributed by atoms with Gasteiger partial charge in [-0.2, -0.15) is 0 Å². The van der Waals surface area contributed by atoms with Gasteiger partial charge >= 0.3 is 6.09 Å². The minimum atomic E-state index is -0.618. The highest BCUT2D eigenvalue weighted by molar-refractivity contribution is 6.00. The number of para-hydroxylation sites is 1. The third-order valence-corrected chi connectivity index (χ3v) is 6.05. The summed E-state index contributed by atoms with van der Waals surface area (Å²) in [5.41, 5.74) is 3.54. The van der Waals surface area contributed by atoms with Crippen LogP contribution in [0, 0.1) is 13.8 Å². The third-order valence-electron chi connectivity index (χ3n) is 6.05. The molecule has 3 aromatic carbocycles. The lowest BCUT2D eigenvalue weighted by atomic mass is 10.1. The number of methoxy groups -OCH3 is 1. The van der Waals surface area contributed by atoms with Crippen LogP contribution < -0.4 is 29.2 Å². The molecule has 1 aliphatic heterocycles. The van der Waals surface area contributed by atoms with Crippen molar-refractivity contribution >= 4 is 29.0 Å². The number of amides is 1. The molecule has 9 nitrogen and oxygen atoms in total. The van der Waals surface area contributed by atoms with Crippen molar-refractivity contribution in [3.05, 3.63) is 84.3 Å². The van der Waals surface area contributed by atoms with Gasteiger partial charge in [-0.1, -0.05) is 18.2 Å². The summed E-state index contributed by atoms with van der Waals surface area (Å²) >= 11 is 0. The van der Waals surface area contributed by atoms with E-state index < -0.39 is 6.09 Å². The average Bonchev–Trinajstić information content (AvgIpc) is 3.17. The number of anilines is 4. The molecule has 1 amide bonds. The number of fused-ring (bicyclic) bond motifs is 1. The Kier molecular flexibility index (Phi) is 7.26. The smallest absolute Gasteiger partial charge is 0.425 e. The van der Waals surface area contributed by atoms with Crippen LogP contribution in [0.5, 0.6) is 23.0 Å². The molecular weight excluding hydrogens is 484 g/mol. The van der Waals surface area contributed by atoms with Crippen molar-refractivity contribution in [2.75, 3.05) is 30.5 Å². The highest BCUT2D eigenvalue weighted by Gasteiger charge is 2.26. The number of aryl methyl sites for hydroxylation is 2. The topological polar surface area (TPSA) is 95.0 Å². The molecular formula is C29H28N4O5. The zero-order valence-corrected chi connectivity index (χ0v) is 21.4. The maximum atomic E-state index is 13.8. The zero-order valence-electron chi connectivity index (χ0n) is 21.4. The van der Waals surface area contributed by atoms with Gasteiger partial charge in [0.05, 0.1) is 31.7 Å². The summed E-state index contributed by atoms with van der Waals surface area (Å²) in [6.07, 6.45) is 3.15. The van der Waals surface area contributed by atoms with Crippen LogP contribution in [0.15, 0.2) is 73.2 Å². The SMILES string of the molecule is COc1ccc(N(C(=O)Oc2c(C)cccc2C)c2ccncn2)c(Nc2ccc3c(c2)OCCCO3)c1. The molecule has 2 heterocycles. The first kappa shape index (κ1) is 24.9. The van der Waals surface area contributed by atoms with Gasteiger partial charge in [-0.25, -0.2) is 19.7 Å². The number of carbonyl (C=O) groups excluding carboxylic acids is 1. The van der Waals surface area contributed by atoms with E-state index >= 15 is 0 Å². The standard InChI is InChI=1S/C29H28N4O5/c1-19-6-4-7-20(2)28(19)38-29(34)33(27-12-13-30-18-31-27)24-10-9-22(35-3)17-23(24)32-21-8-11-25-26(16-21)37-15-5-14-36-25/h4,6-13,16-18,32H,5,14-15H2,1-3H3. The van der Waals surface area contributed by atoms with Gasteiger partial charge in [-0.05, 0) is 55.3 Å². The van der Waals surface area contributed by atoms with Gasteiger partial charge in [0.15, 0.2) is 11.5 Å². The van der Waals surface area contributed by atoms with Gasteiger partial charge in [-0.3, -0.25) is 0 Å². The fraction of sp³-hybridized carbons (Fsp3) is 0.207. The van der Waals surface area contributed by atoms with Gasteiger partial charge in [-0.15, -0.1) is 0 Å². The third kappa shape index (κ3) is 5.31. The Morgan fingerprint density at radius 2 is 1.76 bits per heavy atom. The van der Waals surface area contributed by atoms with Gasteiger partial charge < -0.3 is 24.3 Å². The number of nitrogens with zero attached hydrogens (tertiary/aromatic N) is 3. The largest absolute Gasteiger partial charge is 0.497 e. The Bertz CT molecular complexity index is 1420. The van der Waals surface area contributed by atoms with Crippen LogP contribution in [0.2, 0.25) is 0 Å². The summed E-state index contributed by atoms with van der Waals surface area (Å²) < 4.78 is 23.0. The van der Waals surface area contributed by atoms with Gasteiger partial charge in [0, 0.05) is 30.4 Å². The number of carbonyl (C=O) groups is 1. The van der Waals surface area contributed by atoms with E-state index in [1.54, 1.807) is 37.6 Å². The lowest BCUT2D eigenvalue weighted by Gasteiger charge is -2.25. The van der Waals surface area contributed by atoms with E-state index in [2.05, 4.69) is 15.3 Å². The maximum absolute atomic E-state index is 13.8. The number of rotatable bonds is 6. The predicted octanol–water partition coefficient (Wildman–Crippen LogP) is 6.34. The molecule has 1 aromatic heterocycles. The Morgan fingerprint density at radius 3 is 2.50 bits per heavy atom. The molecule has 0 aliphatic carbocycles. The van der Waals surface area contributed by atoms with Gasteiger partial charge in [0.1, 0.15) is 23.6 Å². The Balaban J connectivity index is 1.56. The van der Waals surface area contributed by atoms with Gasteiger partial charge in [0.2, 0.25) is 0 Å². The number of ether oxygens (including phenoxy) is 4. The Hall–Kier alpha value is -4.79. The molecule has 0 saturated carbocycles. The minimum absolute atomic E-state index is 0.350. The molecule has 0 saturated heterocycles. The molecule has 1 aliphatic rings. The Morgan fingerprint density at radius 1 is 0.974 bits per heavy atom.